The van der Waals surface area contributed by atoms with Gasteiger partial charge in [-0.3, -0.25) is 0 Å². The fourth-order valence-electron chi connectivity index (χ4n) is 8.30. The molecule has 0 aliphatic carbocycles. The van der Waals surface area contributed by atoms with Crippen LogP contribution in [0, 0.1) is 6.92 Å². The monoisotopic (exact) mass is 680 g/mol. The predicted octanol–water partition coefficient (Wildman–Crippen LogP) is 13.2. The van der Waals surface area contributed by atoms with Crippen LogP contribution in [0.4, 0.5) is 0 Å². The Morgan fingerprint density at radius 2 is 0.736 bits per heavy atom. The Kier molecular flexibility index (Phi) is 7.26. The molecule has 0 saturated carbocycles. The first-order chi connectivity index (χ1) is 26.2. The average molecular weight is 681 g/mol. The van der Waals surface area contributed by atoms with Crippen molar-refractivity contribution < 1.29 is 4.74 Å². The second kappa shape index (κ2) is 12.4. The van der Waals surface area contributed by atoms with Crippen LogP contribution < -0.4 is 4.74 Å². The first-order valence-electron chi connectivity index (χ1n) is 18.1. The number of nitrogens with zero attached hydrogens (tertiary/aromatic N) is 2. The number of rotatable bonds is 6. The Hall–Kier alpha value is -6.84. The van der Waals surface area contributed by atoms with Gasteiger partial charge in [0.25, 0.3) is 0 Å². The second-order valence-corrected chi connectivity index (χ2v) is 13.8. The van der Waals surface area contributed by atoms with E-state index in [1.54, 1.807) is 7.11 Å². The Balaban J connectivity index is 1.20. The van der Waals surface area contributed by atoms with E-state index in [9.17, 15) is 0 Å². The quantitative estimate of drug-likeness (QED) is 0.171. The number of hydrogen-bond donors (Lipinski definition) is 0. The van der Waals surface area contributed by atoms with Crippen molar-refractivity contribution >= 4 is 43.6 Å². The molecule has 2 aromatic heterocycles. The van der Waals surface area contributed by atoms with Gasteiger partial charge in [-0.05, 0) is 89.3 Å². The zero-order valence-electron chi connectivity index (χ0n) is 29.6. The molecule has 0 amide bonds. The summed E-state index contributed by atoms with van der Waals surface area (Å²) in [6.07, 6.45) is 0. The zero-order chi connectivity index (χ0) is 35.5. The highest BCUT2D eigenvalue weighted by Gasteiger charge is 2.18. The normalized spacial score (nSPS) is 11.6. The fraction of sp³-hybridized carbons (Fsp3) is 0.0400. The molecule has 0 fully saturated rings. The first-order valence-corrected chi connectivity index (χ1v) is 18.1. The van der Waals surface area contributed by atoms with Crippen molar-refractivity contribution in [2.45, 2.75) is 6.92 Å². The highest BCUT2D eigenvalue weighted by molar-refractivity contribution is 6.10. The fourth-order valence-corrected chi connectivity index (χ4v) is 8.30. The van der Waals surface area contributed by atoms with E-state index in [0.29, 0.717) is 0 Å². The van der Waals surface area contributed by atoms with E-state index in [0.717, 1.165) is 50.5 Å². The summed E-state index contributed by atoms with van der Waals surface area (Å²) in [5.74, 6) is 0.886. The van der Waals surface area contributed by atoms with E-state index in [4.69, 9.17) is 4.74 Å². The molecule has 0 atom stereocenters. The number of ether oxygens (including phenoxy) is 1. The molecule has 8 aromatic carbocycles. The van der Waals surface area contributed by atoms with Gasteiger partial charge in [-0.2, -0.15) is 0 Å². The summed E-state index contributed by atoms with van der Waals surface area (Å²) in [5.41, 5.74) is 14.9. The van der Waals surface area contributed by atoms with Gasteiger partial charge in [0.15, 0.2) is 0 Å². The molecule has 0 aliphatic rings. The largest absolute Gasteiger partial charge is 0.495 e. The Labute approximate surface area is 308 Å². The smallest absolute Gasteiger partial charge is 0.134 e. The van der Waals surface area contributed by atoms with Crippen LogP contribution in [0.1, 0.15) is 5.56 Å². The molecule has 252 valence electrons. The minimum absolute atomic E-state index is 0.886. The van der Waals surface area contributed by atoms with Crippen LogP contribution >= 0.6 is 0 Å². The molecule has 0 saturated heterocycles. The summed E-state index contributed by atoms with van der Waals surface area (Å²) >= 11 is 0. The van der Waals surface area contributed by atoms with Crippen molar-refractivity contribution in [1.82, 2.24) is 9.13 Å². The number of benzene rings is 8. The van der Waals surface area contributed by atoms with Gasteiger partial charge in [-0.1, -0.05) is 127 Å². The van der Waals surface area contributed by atoms with Crippen LogP contribution in [0.25, 0.3) is 88.4 Å². The van der Waals surface area contributed by atoms with Gasteiger partial charge < -0.3 is 13.9 Å². The van der Waals surface area contributed by atoms with Crippen molar-refractivity contribution in [2.24, 2.45) is 0 Å². The van der Waals surface area contributed by atoms with E-state index in [1.165, 1.54) is 49.2 Å². The highest BCUT2D eigenvalue weighted by Crippen LogP contribution is 2.42. The van der Waals surface area contributed by atoms with E-state index < -0.39 is 0 Å². The third kappa shape index (κ3) is 5.04. The lowest BCUT2D eigenvalue weighted by molar-refractivity contribution is 0.418. The number of methoxy groups -OCH3 is 1. The number of hydrogen-bond acceptors (Lipinski definition) is 1. The summed E-state index contributed by atoms with van der Waals surface area (Å²) in [5, 5.41) is 4.99. The topological polar surface area (TPSA) is 19.1 Å². The maximum Gasteiger partial charge on any atom is 0.134 e. The summed E-state index contributed by atoms with van der Waals surface area (Å²) in [7, 11) is 1.77. The third-order valence-electron chi connectivity index (χ3n) is 10.6. The molecule has 53 heavy (non-hydrogen) atoms. The van der Waals surface area contributed by atoms with Crippen LogP contribution in [-0.2, 0) is 0 Å². The van der Waals surface area contributed by atoms with Crippen LogP contribution in [-0.4, -0.2) is 16.2 Å². The molecule has 0 radical (unpaired) electrons. The van der Waals surface area contributed by atoms with Gasteiger partial charge in [-0.25, -0.2) is 0 Å². The maximum atomic E-state index is 6.10. The molecule has 0 N–H and O–H groups in total. The molecule has 0 unspecified atom stereocenters. The van der Waals surface area contributed by atoms with E-state index >= 15 is 0 Å². The lowest BCUT2D eigenvalue weighted by Gasteiger charge is -2.17. The van der Waals surface area contributed by atoms with Gasteiger partial charge in [0.1, 0.15) is 5.75 Å². The number of fused-ring (bicyclic) bond motifs is 6. The Morgan fingerprint density at radius 1 is 0.358 bits per heavy atom. The number of aryl methyl sites for hydroxylation is 1. The van der Waals surface area contributed by atoms with Crippen LogP contribution in [0.3, 0.4) is 0 Å². The van der Waals surface area contributed by atoms with Crippen LogP contribution in [0.15, 0.2) is 182 Å². The zero-order valence-corrected chi connectivity index (χ0v) is 29.6. The average Bonchev–Trinajstić information content (AvgIpc) is 3.74. The van der Waals surface area contributed by atoms with Gasteiger partial charge in [0.05, 0.1) is 29.2 Å². The second-order valence-electron chi connectivity index (χ2n) is 13.8. The lowest BCUT2D eigenvalue weighted by Crippen LogP contribution is -2.00. The summed E-state index contributed by atoms with van der Waals surface area (Å²) in [4.78, 5) is 0. The van der Waals surface area contributed by atoms with Crippen molar-refractivity contribution in [3.05, 3.63) is 188 Å². The maximum absolute atomic E-state index is 6.10. The molecular weight excluding hydrogens is 645 g/mol. The van der Waals surface area contributed by atoms with E-state index in [-0.39, 0.29) is 0 Å². The van der Waals surface area contributed by atoms with Gasteiger partial charge in [-0.15, -0.1) is 0 Å². The molecular formula is C50H36N2O. The standard InChI is InChI=1S/C50H36N2O/c1-33-28-44(35-14-4-3-5-15-35)50(53-2)45(29-33)36-26-24-34(25-27-36)37-30-38(51-46-20-10-6-16-40(46)41-17-7-11-21-47(41)51)32-39(31-37)52-48-22-12-8-18-42(48)43-19-9-13-23-49(43)52/h3-32H,1-2H3. The molecule has 0 aliphatic heterocycles. The Morgan fingerprint density at radius 3 is 1.17 bits per heavy atom. The molecule has 3 nitrogen and oxygen atoms in total. The van der Waals surface area contributed by atoms with Crippen molar-refractivity contribution in [1.29, 1.82) is 0 Å². The molecule has 0 spiro atoms. The van der Waals surface area contributed by atoms with Crippen molar-refractivity contribution in [2.75, 3.05) is 7.11 Å². The lowest BCUT2D eigenvalue weighted by atomic mass is 9.93. The highest BCUT2D eigenvalue weighted by atomic mass is 16.5. The number of para-hydroxylation sites is 4. The minimum Gasteiger partial charge on any atom is -0.495 e. The third-order valence-corrected chi connectivity index (χ3v) is 10.6. The van der Waals surface area contributed by atoms with Gasteiger partial charge in [0.2, 0.25) is 0 Å². The Bertz CT molecular complexity index is 2750. The minimum atomic E-state index is 0.886. The molecule has 10 aromatic rings. The van der Waals surface area contributed by atoms with E-state index in [2.05, 4.69) is 192 Å². The molecule has 3 heteroatoms. The van der Waals surface area contributed by atoms with Gasteiger partial charge >= 0.3 is 0 Å². The van der Waals surface area contributed by atoms with Crippen molar-refractivity contribution in [3.8, 4) is 50.5 Å². The summed E-state index contributed by atoms with van der Waals surface area (Å²) in [6, 6.07) is 65.8. The molecule has 0 bridgehead atoms. The predicted molar refractivity (Wildman–Crippen MR) is 223 cm³/mol. The molecule has 2 heterocycles. The van der Waals surface area contributed by atoms with Gasteiger partial charge in [0, 0.05) is 44.0 Å². The molecule has 10 rings (SSSR count). The van der Waals surface area contributed by atoms with Crippen LogP contribution in [0.2, 0.25) is 0 Å². The van der Waals surface area contributed by atoms with Crippen LogP contribution in [0.5, 0.6) is 5.75 Å². The van der Waals surface area contributed by atoms with E-state index in [1.807, 2.05) is 6.07 Å². The first kappa shape index (κ1) is 30.9. The summed E-state index contributed by atoms with van der Waals surface area (Å²) < 4.78 is 10.9. The number of aromatic nitrogens is 2. The summed E-state index contributed by atoms with van der Waals surface area (Å²) in [6.45, 7) is 2.15. The SMILES string of the molecule is COc1c(-c2ccccc2)cc(C)cc1-c1ccc(-c2cc(-n3c4ccccc4c4ccccc43)cc(-n3c4ccccc4c4ccccc43)c2)cc1. The van der Waals surface area contributed by atoms with Crippen molar-refractivity contribution in [3.63, 3.8) is 0 Å².